The summed E-state index contributed by atoms with van der Waals surface area (Å²) < 4.78 is 1.97. The smallest absolute Gasteiger partial charge is 0.0889 e. The molecule has 4 nitrogen and oxygen atoms in total. The van der Waals surface area contributed by atoms with Crippen molar-refractivity contribution in [1.82, 2.24) is 15.0 Å². The van der Waals surface area contributed by atoms with Crippen LogP contribution in [0.1, 0.15) is 28.7 Å². The van der Waals surface area contributed by atoms with Gasteiger partial charge >= 0.3 is 0 Å². The molecular weight excluding hydrogens is 284 g/mol. The van der Waals surface area contributed by atoms with Gasteiger partial charge in [0.25, 0.3) is 0 Å². The minimum absolute atomic E-state index is 0.573. The first-order chi connectivity index (χ1) is 11.3. The highest BCUT2D eigenvalue weighted by atomic mass is 15.4. The van der Waals surface area contributed by atoms with E-state index in [-0.39, 0.29) is 0 Å². The van der Waals surface area contributed by atoms with Crippen molar-refractivity contribution in [3.05, 3.63) is 70.9 Å². The van der Waals surface area contributed by atoms with Crippen molar-refractivity contribution >= 4 is 0 Å². The number of hydrogen-bond acceptors (Lipinski definition) is 3. The number of benzene rings is 2. The van der Waals surface area contributed by atoms with Gasteiger partial charge < -0.3 is 5.73 Å². The summed E-state index contributed by atoms with van der Waals surface area (Å²) in [6, 6.07) is 15.1. The van der Waals surface area contributed by atoms with Gasteiger partial charge in [0, 0.05) is 12.1 Å². The minimum atomic E-state index is 0.573. The molecule has 2 N–H and O–H groups in total. The van der Waals surface area contributed by atoms with E-state index < -0.39 is 0 Å². The molecule has 1 aliphatic rings. The first kappa shape index (κ1) is 14.2. The van der Waals surface area contributed by atoms with Gasteiger partial charge in [-0.05, 0) is 47.6 Å². The van der Waals surface area contributed by atoms with Crippen molar-refractivity contribution < 1.29 is 0 Å². The molecule has 116 valence electrons. The summed E-state index contributed by atoms with van der Waals surface area (Å²) >= 11 is 0. The lowest BCUT2D eigenvalue weighted by Crippen LogP contribution is -2.05. The van der Waals surface area contributed by atoms with E-state index in [2.05, 4.69) is 52.8 Å². The highest BCUT2D eigenvalue weighted by Crippen LogP contribution is 2.27. The van der Waals surface area contributed by atoms with E-state index in [0.29, 0.717) is 6.54 Å². The zero-order valence-electron chi connectivity index (χ0n) is 13.1. The zero-order chi connectivity index (χ0) is 15.6. The Bertz CT molecular complexity index is 818. The van der Waals surface area contributed by atoms with Gasteiger partial charge in [-0.3, -0.25) is 0 Å². The maximum absolute atomic E-state index is 5.65. The van der Waals surface area contributed by atoms with E-state index in [0.717, 1.165) is 17.8 Å². The van der Waals surface area contributed by atoms with Crippen LogP contribution >= 0.6 is 0 Å². The second-order valence-electron chi connectivity index (χ2n) is 6.13. The minimum Gasteiger partial charge on any atom is -0.326 e. The third kappa shape index (κ3) is 2.78. The Kier molecular flexibility index (Phi) is 3.67. The molecule has 4 rings (SSSR count). The molecule has 23 heavy (non-hydrogen) atoms. The lowest BCUT2D eigenvalue weighted by molar-refractivity contribution is 0.655. The molecule has 1 aromatic heterocycles. The van der Waals surface area contributed by atoms with Gasteiger partial charge in [-0.25, -0.2) is 4.68 Å². The van der Waals surface area contributed by atoms with Crippen molar-refractivity contribution in [1.29, 1.82) is 0 Å². The van der Waals surface area contributed by atoms with Gasteiger partial charge in [0.1, 0.15) is 0 Å². The zero-order valence-corrected chi connectivity index (χ0v) is 13.1. The summed E-state index contributed by atoms with van der Waals surface area (Å²) in [5, 5.41) is 8.38. The SMILES string of the molecule is NCc1ccc(Cn2nncc2-c2ccc3c(c2)CCC3)cc1. The van der Waals surface area contributed by atoms with E-state index >= 15 is 0 Å². The van der Waals surface area contributed by atoms with Crippen LogP contribution in [0.2, 0.25) is 0 Å². The Hall–Kier alpha value is -2.46. The second-order valence-corrected chi connectivity index (χ2v) is 6.13. The number of rotatable bonds is 4. The van der Waals surface area contributed by atoms with Gasteiger partial charge in [-0.15, -0.1) is 5.10 Å². The van der Waals surface area contributed by atoms with E-state index in [9.17, 15) is 0 Å². The van der Waals surface area contributed by atoms with Crippen molar-refractivity contribution in [2.24, 2.45) is 5.73 Å². The van der Waals surface area contributed by atoms with Crippen LogP contribution in [0.25, 0.3) is 11.3 Å². The fraction of sp³-hybridized carbons (Fsp3) is 0.263. The quantitative estimate of drug-likeness (QED) is 0.806. The fourth-order valence-corrected chi connectivity index (χ4v) is 3.28. The lowest BCUT2D eigenvalue weighted by Gasteiger charge is -2.09. The first-order valence-corrected chi connectivity index (χ1v) is 8.12. The maximum Gasteiger partial charge on any atom is 0.0889 e. The molecule has 0 unspecified atom stereocenters. The molecular formula is C19H20N4. The average Bonchev–Trinajstić information content (AvgIpc) is 3.23. The second kappa shape index (κ2) is 5.97. The molecule has 0 radical (unpaired) electrons. The van der Waals surface area contributed by atoms with E-state index in [1.54, 1.807) is 0 Å². The fourth-order valence-electron chi connectivity index (χ4n) is 3.28. The summed E-state index contributed by atoms with van der Waals surface area (Å²) in [4.78, 5) is 0. The molecule has 0 fully saturated rings. The molecule has 1 heterocycles. The first-order valence-electron chi connectivity index (χ1n) is 8.12. The molecule has 0 bridgehead atoms. The molecule has 2 aromatic carbocycles. The molecule has 0 spiro atoms. The topological polar surface area (TPSA) is 56.7 Å². The van der Waals surface area contributed by atoms with Crippen LogP contribution in [0.4, 0.5) is 0 Å². The Balaban J connectivity index is 1.62. The number of fused-ring (bicyclic) bond motifs is 1. The van der Waals surface area contributed by atoms with Crippen LogP contribution in [0.3, 0.4) is 0 Å². The third-order valence-corrected chi connectivity index (χ3v) is 4.60. The predicted octanol–water partition coefficient (Wildman–Crippen LogP) is 2.94. The Labute approximate surface area is 135 Å². The summed E-state index contributed by atoms with van der Waals surface area (Å²) in [6.07, 6.45) is 5.51. The van der Waals surface area contributed by atoms with Gasteiger partial charge in [-0.2, -0.15) is 0 Å². The molecule has 0 atom stereocenters. The molecule has 4 heteroatoms. The summed E-state index contributed by atoms with van der Waals surface area (Å²) in [6.45, 7) is 1.29. The Morgan fingerprint density at radius 2 is 1.74 bits per heavy atom. The Morgan fingerprint density at radius 1 is 0.957 bits per heavy atom. The molecule has 0 aliphatic heterocycles. The van der Waals surface area contributed by atoms with Gasteiger partial charge in [0.15, 0.2) is 0 Å². The molecule has 0 saturated heterocycles. The number of aromatic nitrogens is 3. The van der Waals surface area contributed by atoms with Crippen LogP contribution < -0.4 is 5.73 Å². The van der Waals surface area contributed by atoms with Crippen LogP contribution in [0.5, 0.6) is 0 Å². The van der Waals surface area contributed by atoms with Crippen LogP contribution in [0, 0.1) is 0 Å². The third-order valence-electron chi connectivity index (χ3n) is 4.60. The van der Waals surface area contributed by atoms with Crippen molar-refractivity contribution in [3.63, 3.8) is 0 Å². The van der Waals surface area contributed by atoms with Gasteiger partial charge in [0.05, 0.1) is 18.4 Å². The number of nitrogens with two attached hydrogens (primary N) is 1. The summed E-state index contributed by atoms with van der Waals surface area (Å²) in [5.74, 6) is 0. The van der Waals surface area contributed by atoms with Gasteiger partial charge in [0.2, 0.25) is 0 Å². The molecule has 0 saturated carbocycles. The van der Waals surface area contributed by atoms with Crippen molar-refractivity contribution in [3.8, 4) is 11.3 Å². The summed E-state index contributed by atoms with van der Waals surface area (Å²) in [7, 11) is 0. The number of nitrogens with zero attached hydrogens (tertiary/aromatic N) is 3. The van der Waals surface area contributed by atoms with Crippen LogP contribution in [-0.4, -0.2) is 15.0 Å². The molecule has 3 aromatic rings. The normalized spacial score (nSPS) is 13.3. The monoisotopic (exact) mass is 304 g/mol. The number of aryl methyl sites for hydroxylation is 2. The van der Waals surface area contributed by atoms with Crippen molar-refractivity contribution in [2.75, 3.05) is 0 Å². The van der Waals surface area contributed by atoms with E-state index in [1.165, 1.54) is 41.5 Å². The predicted molar refractivity (Wildman–Crippen MR) is 90.9 cm³/mol. The average molecular weight is 304 g/mol. The van der Waals surface area contributed by atoms with Gasteiger partial charge in [-0.1, -0.05) is 41.6 Å². The standard InChI is InChI=1S/C19H20N4/c20-11-14-4-6-15(7-5-14)13-23-19(12-21-22-23)18-9-8-16-2-1-3-17(16)10-18/h4-10,12H,1-3,11,13,20H2. The van der Waals surface area contributed by atoms with E-state index in [4.69, 9.17) is 5.73 Å². The molecule has 0 amide bonds. The maximum atomic E-state index is 5.65. The Morgan fingerprint density at radius 3 is 2.57 bits per heavy atom. The van der Waals surface area contributed by atoms with Crippen LogP contribution in [0.15, 0.2) is 48.7 Å². The highest BCUT2D eigenvalue weighted by Gasteiger charge is 2.14. The highest BCUT2D eigenvalue weighted by molar-refractivity contribution is 5.61. The summed E-state index contributed by atoms with van der Waals surface area (Å²) in [5.41, 5.74) is 13.2. The van der Waals surface area contributed by atoms with Crippen molar-refractivity contribution in [2.45, 2.75) is 32.4 Å². The largest absolute Gasteiger partial charge is 0.326 e. The number of hydrogen-bond donors (Lipinski definition) is 1. The lowest BCUT2D eigenvalue weighted by atomic mass is 10.0. The van der Waals surface area contributed by atoms with E-state index in [1.807, 2.05) is 10.9 Å². The molecule has 1 aliphatic carbocycles. The van der Waals surface area contributed by atoms with Crippen LogP contribution in [-0.2, 0) is 25.9 Å².